The Morgan fingerprint density at radius 3 is 2.16 bits per heavy atom. The van der Waals surface area contributed by atoms with Gasteiger partial charge in [0.2, 0.25) is 0 Å². The molecule has 0 spiro atoms. The molecule has 0 radical (unpaired) electrons. The molecule has 3 heteroatoms. The molecule has 0 unspecified atom stereocenters. The maximum atomic E-state index is 5.20. The van der Waals surface area contributed by atoms with E-state index in [1.807, 2.05) is 18.2 Å². The van der Waals surface area contributed by atoms with Gasteiger partial charge in [-0.05, 0) is 52.9 Å². The standard InChI is InChI=1S/C34H26N2S/c1-3-13-23(4-2)26-20-27(24-14-7-5-8-15-24)22-28(21-26)34-35-31(25-16-9-6-10-17-25)33-32(36-34)29-18-11-12-19-30(29)37-33/h3,5-22H,1,4H2,2H3/b23-13+. The molecule has 6 rings (SSSR count). The van der Waals surface area contributed by atoms with E-state index in [-0.39, 0.29) is 0 Å². The van der Waals surface area contributed by atoms with Crippen molar-refractivity contribution in [3.63, 3.8) is 0 Å². The normalized spacial score (nSPS) is 11.8. The number of allylic oxidation sites excluding steroid dienone is 3. The van der Waals surface area contributed by atoms with Crippen LogP contribution in [0.25, 0.3) is 59.6 Å². The Morgan fingerprint density at radius 2 is 1.43 bits per heavy atom. The second-order valence-electron chi connectivity index (χ2n) is 8.98. The van der Waals surface area contributed by atoms with Gasteiger partial charge in [0.1, 0.15) is 0 Å². The van der Waals surface area contributed by atoms with E-state index in [4.69, 9.17) is 9.97 Å². The first kappa shape index (κ1) is 23.1. The molecule has 4 aromatic carbocycles. The highest BCUT2D eigenvalue weighted by Gasteiger charge is 2.17. The third-order valence-electron chi connectivity index (χ3n) is 6.64. The Labute approximate surface area is 221 Å². The molecule has 0 fully saturated rings. The van der Waals surface area contributed by atoms with Crippen LogP contribution in [0, 0.1) is 0 Å². The quantitative estimate of drug-likeness (QED) is 0.215. The molecular formula is C34H26N2S. The highest BCUT2D eigenvalue weighted by Crippen LogP contribution is 2.40. The second kappa shape index (κ2) is 9.96. The molecule has 2 heterocycles. The second-order valence-corrected chi connectivity index (χ2v) is 10.0. The largest absolute Gasteiger partial charge is 0.226 e. The van der Waals surface area contributed by atoms with Crippen molar-refractivity contribution < 1.29 is 0 Å². The van der Waals surface area contributed by atoms with E-state index in [1.165, 1.54) is 26.8 Å². The molecule has 0 saturated carbocycles. The van der Waals surface area contributed by atoms with Gasteiger partial charge >= 0.3 is 0 Å². The third-order valence-corrected chi connectivity index (χ3v) is 7.80. The van der Waals surface area contributed by atoms with Crippen molar-refractivity contribution in [2.24, 2.45) is 0 Å². The highest BCUT2D eigenvalue weighted by atomic mass is 32.1. The van der Waals surface area contributed by atoms with E-state index in [2.05, 4.69) is 111 Å². The molecule has 2 aromatic heterocycles. The van der Waals surface area contributed by atoms with Crippen LogP contribution in [0.1, 0.15) is 18.9 Å². The minimum Gasteiger partial charge on any atom is -0.226 e. The van der Waals surface area contributed by atoms with Crippen LogP contribution in [0.15, 0.2) is 122 Å². The van der Waals surface area contributed by atoms with Gasteiger partial charge in [-0.25, -0.2) is 9.97 Å². The first-order valence-corrected chi connectivity index (χ1v) is 13.3. The Balaban J connectivity index is 1.66. The number of benzene rings is 4. The summed E-state index contributed by atoms with van der Waals surface area (Å²) in [5.41, 5.74) is 8.82. The molecular weight excluding hydrogens is 468 g/mol. The van der Waals surface area contributed by atoms with Crippen molar-refractivity contribution in [2.45, 2.75) is 13.3 Å². The molecule has 0 aliphatic heterocycles. The van der Waals surface area contributed by atoms with Gasteiger partial charge < -0.3 is 0 Å². The lowest BCUT2D eigenvalue weighted by Crippen LogP contribution is -1.95. The van der Waals surface area contributed by atoms with Crippen LogP contribution in [-0.4, -0.2) is 9.97 Å². The molecule has 178 valence electrons. The van der Waals surface area contributed by atoms with E-state index in [1.54, 1.807) is 11.3 Å². The van der Waals surface area contributed by atoms with Crippen molar-refractivity contribution >= 4 is 37.2 Å². The van der Waals surface area contributed by atoms with Crippen molar-refractivity contribution in [3.05, 3.63) is 127 Å². The molecule has 0 amide bonds. The first-order chi connectivity index (χ1) is 18.2. The summed E-state index contributed by atoms with van der Waals surface area (Å²) in [6, 6.07) is 36.1. The van der Waals surface area contributed by atoms with Crippen molar-refractivity contribution in [1.29, 1.82) is 0 Å². The van der Waals surface area contributed by atoms with Gasteiger partial charge in [0, 0.05) is 21.2 Å². The summed E-state index contributed by atoms with van der Waals surface area (Å²) in [6.07, 6.45) is 4.87. The Bertz CT molecular complexity index is 1760. The van der Waals surface area contributed by atoms with E-state index < -0.39 is 0 Å². The molecule has 0 N–H and O–H groups in total. The summed E-state index contributed by atoms with van der Waals surface area (Å²) >= 11 is 1.76. The lowest BCUT2D eigenvalue weighted by atomic mass is 9.94. The van der Waals surface area contributed by atoms with E-state index >= 15 is 0 Å². The SMILES string of the molecule is C=C/C=C(\CC)c1cc(-c2ccccc2)cc(-c2nc(-c3ccccc3)c3sc4ccccc4c3n2)c1. The Kier molecular flexibility index (Phi) is 6.21. The van der Waals surface area contributed by atoms with Crippen LogP contribution < -0.4 is 0 Å². The van der Waals surface area contributed by atoms with E-state index in [0.29, 0.717) is 0 Å². The van der Waals surface area contributed by atoms with Gasteiger partial charge in [-0.15, -0.1) is 11.3 Å². The monoisotopic (exact) mass is 494 g/mol. The van der Waals surface area contributed by atoms with Gasteiger partial charge in [-0.2, -0.15) is 0 Å². The van der Waals surface area contributed by atoms with Crippen LogP contribution in [0.2, 0.25) is 0 Å². The summed E-state index contributed by atoms with van der Waals surface area (Å²) < 4.78 is 2.35. The topological polar surface area (TPSA) is 25.8 Å². The van der Waals surface area contributed by atoms with Gasteiger partial charge in [0.25, 0.3) is 0 Å². The maximum Gasteiger partial charge on any atom is 0.160 e. The van der Waals surface area contributed by atoms with Crippen molar-refractivity contribution in [2.75, 3.05) is 0 Å². The number of thiophene rings is 1. The van der Waals surface area contributed by atoms with Crippen LogP contribution >= 0.6 is 11.3 Å². The molecule has 0 saturated heterocycles. The average molecular weight is 495 g/mol. The smallest absolute Gasteiger partial charge is 0.160 e. The molecule has 2 nitrogen and oxygen atoms in total. The minimum atomic E-state index is 0.739. The molecule has 37 heavy (non-hydrogen) atoms. The van der Waals surface area contributed by atoms with E-state index in [0.717, 1.165) is 44.8 Å². The van der Waals surface area contributed by atoms with Gasteiger partial charge in [0.15, 0.2) is 5.82 Å². The molecule has 0 aliphatic rings. The zero-order chi connectivity index (χ0) is 25.2. The zero-order valence-electron chi connectivity index (χ0n) is 20.7. The maximum absolute atomic E-state index is 5.20. The predicted molar refractivity (Wildman–Crippen MR) is 160 cm³/mol. The first-order valence-electron chi connectivity index (χ1n) is 12.5. The van der Waals surface area contributed by atoms with E-state index in [9.17, 15) is 0 Å². The van der Waals surface area contributed by atoms with Crippen LogP contribution in [-0.2, 0) is 0 Å². The minimum absolute atomic E-state index is 0.739. The number of rotatable bonds is 6. The molecule has 6 aromatic rings. The predicted octanol–water partition coefficient (Wildman–Crippen LogP) is 9.82. The summed E-state index contributed by atoms with van der Waals surface area (Å²) in [6.45, 7) is 6.12. The number of aromatic nitrogens is 2. The average Bonchev–Trinajstić information content (AvgIpc) is 3.35. The van der Waals surface area contributed by atoms with Gasteiger partial charge in [0.05, 0.1) is 15.9 Å². The third kappa shape index (κ3) is 4.39. The summed E-state index contributed by atoms with van der Waals surface area (Å²) in [5.74, 6) is 0.739. The van der Waals surface area contributed by atoms with Gasteiger partial charge in [-0.1, -0.05) is 105 Å². The molecule has 0 atom stereocenters. The zero-order valence-corrected chi connectivity index (χ0v) is 21.5. The lowest BCUT2D eigenvalue weighted by Gasteiger charge is -2.13. The van der Waals surface area contributed by atoms with Crippen molar-refractivity contribution in [3.8, 4) is 33.8 Å². The Morgan fingerprint density at radius 1 is 0.757 bits per heavy atom. The number of hydrogen-bond donors (Lipinski definition) is 0. The van der Waals surface area contributed by atoms with Crippen molar-refractivity contribution in [1.82, 2.24) is 9.97 Å². The van der Waals surface area contributed by atoms with Crippen LogP contribution in [0.5, 0.6) is 0 Å². The number of hydrogen-bond acceptors (Lipinski definition) is 3. The summed E-state index contributed by atoms with van der Waals surface area (Å²) in [5, 5.41) is 1.17. The summed E-state index contributed by atoms with van der Waals surface area (Å²) in [7, 11) is 0. The molecule has 0 aliphatic carbocycles. The lowest BCUT2D eigenvalue weighted by molar-refractivity contribution is 1.22. The van der Waals surface area contributed by atoms with Gasteiger partial charge in [-0.3, -0.25) is 0 Å². The fourth-order valence-corrected chi connectivity index (χ4v) is 5.97. The fourth-order valence-electron chi connectivity index (χ4n) is 4.81. The summed E-state index contributed by atoms with van der Waals surface area (Å²) in [4.78, 5) is 10.4. The van der Waals surface area contributed by atoms with Crippen LogP contribution in [0.4, 0.5) is 0 Å². The highest BCUT2D eigenvalue weighted by molar-refractivity contribution is 7.26. The number of fused-ring (bicyclic) bond motifs is 3. The fraction of sp³-hybridized carbons (Fsp3) is 0.0588. The molecule has 0 bridgehead atoms. The Hall–Kier alpha value is -4.34. The number of nitrogens with zero attached hydrogens (tertiary/aromatic N) is 2. The van der Waals surface area contributed by atoms with Crippen LogP contribution in [0.3, 0.4) is 0 Å².